The van der Waals surface area contributed by atoms with Gasteiger partial charge in [-0.1, -0.05) is 25.5 Å². The number of carbonyl (C=O) groups excluding carboxylic acids is 1. The number of anilines is 1. The zero-order valence-electron chi connectivity index (χ0n) is 17.8. The van der Waals surface area contributed by atoms with Crippen LogP contribution in [0.25, 0.3) is 11.2 Å². The van der Waals surface area contributed by atoms with Crippen LogP contribution in [0.1, 0.15) is 49.3 Å². The number of nitrogens with zero attached hydrogens (tertiary/aromatic N) is 3. The second-order valence-electron chi connectivity index (χ2n) is 7.36. The summed E-state index contributed by atoms with van der Waals surface area (Å²) in [7, 11) is 0. The van der Waals surface area contributed by atoms with Crippen molar-refractivity contribution in [3.63, 3.8) is 0 Å². The van der Waals surface area contributed by atoms with Gasteiger partial charge in [-0.15, -0.1) is 0 Å². The van der Waals surface area contributed by atoms with Crippen LogP contribution in [-0.4, -0.2) is 27.1 Å². The number of halogens is 3. The SMILES string of the molecule is CCCCc1nc2cc(NC(=O)NCC)c(C)nc2n1Cc1ccc(C(F)(F)F)cc1. The first-order valence-corrected chi connectivity index (χ1v) is 10.3. The number of aryl methyl sites for hydroxylation is 2. The molecule has 0 spiro atoms. The van der Waals surface area contributed by atoms with Gasteiger partial charge in [0.05, 0.1) is 23.5 Å². The van der Waals surface area contributed by atoms with Gasteiger partial charge in [0.2, 0.25) is 0 Å². The number of alkyl halides is 3. The number of pyridine rings is 1. The lowest BCUT2D eigenvalue weighted by molar-refractivity contribution is -0.137. The number of amides is 2. The number of carbonyl (C=O) groups is 1. The van der Waals surface area contributed by atoms with Gasteiger partial charge in [-0.25, -0.2) is 14.8 Å². The summed E-state index contributed by atoms with van der Waals surface area (Å²) < 4.78 is 40.6. The van der Waals surface area contributed by atoms with Gasteiger partial charge in [-0.05, 0) is 44.0 Å². The van der Waals surface area contributed by atoms with Gasteiger partial charge in [-0.2, -0.15) is 13.2 Å². The number of unbranched alkanes of at least 4 members (excludes halogenated alkanes) is 1. The monoisotopic (exact) mass is 433 g/mol. The number of fused-ring (bicyclic) bond motifs is 1. The van der Waals surface area contributed by atoms with E-state index in [0.717, 1.165) is 42.8 Å². The Balaban J connectivity index is 1.98. The summed E-state index contributed by atoms with van der Waals surface area (Å²) in [5.41, 5.74) is 2.54. The van der Waals surface area contributed by atoms with Crippen molar-refractivity contribution in [3.05, 3.63) is 53.0 Å². The minimum atomic E-state index is -4.36. The van der Waals surface area contributed by atoms with Crippen LogP contribution < -0.4 is 10.6 Å². The fourth-order valence-corrected chi connectivity index (χ4v) is 3.31. The smallest absolute Gasteiger partial charge is 0.338 e. The fourth-order valence-electron chi connectivity index (χ4n) is 3.31. The van der Waals surface area contributed by atoms with E-state index in [2.05, 4.69) is 22.5 Å². The van der Waals surface area contributed by atoms with Crippen LogP contribution in [0.5, 0.6) is 0 Å². The predicted octanol–water partition coefficient (Wildman–Crippen LogP) is 5.29. The molecule has 0 bridgehead atoms. The Morgan fingerprint density at radius 3 is 2.45 bits per heavy atom. The van der Waals surface area contributed by atoms with E-state index in [1.807, 2.05) is 11.5 Å². The van der Waals surface area contributed by atoms with E-state index in [4.69, 9.17) is 4.98 Å². The topological polar surface area (TPSA) is 71.8 Å². The number of rotatable bonds is 7. The first-order chi connectivity index (χ1) is 14.7. The third-order valence-corrected chi connectivity index (χ3v) is 4.95. The molecule has 0 saturated carbocycles. The number of hydrogen-bond donors (Lipinski definition) is 2. The van der Waals surface area contributed by atoms with E-state index in [1.54, 1.807) is 13.0 Å². The third-order valence-electron chi connectivity index (χ3n) is 4.95. The molecular weight excluding hydrogens is 407 g/mol. The zero-order valence-corrected chi connectivity index (χ0v) is 17.8. The Labute approximate surface area is 178 Å². The molecule has 6 nitrogen and oxygen atoms in total. The van der Waals surface area contributed by atoms with Crippen molar-refractivity contribution in [1.29, 1.82) is 0 Å². The van der Waals surface area contributed by atoms with Crippen molar-refractivity contribution in [3.8, 4) is 0 Å². The molecule has 0 fully saturated rings. The van der Waals surface area contributed by atoms with Gasteiger partial charge < -0.3 is 15.2 Å². The van der Waals surface area contributed by atoms with E-state index >= 15 is 0 Å². The summed E-state index contributed by atoms with van der Waals surface area (Å²) in [5, 5.41) is 5.45. The van der Waals surface area contributed by atoms with Crippen molar-refractivity contribution >= 4 is 22.9 Å². The minimum Gasteiger partial charge on any atom is -0.338 e. The van der Waals surface area contributed by atoms with Crippen LogP contribution in [0.2, 0.25) is 0 Å². The highest BCUT2D eigenvalue weighted by atomic mass is 19.4. The molecule has 0 aliphatic rings. The maximum atomic E-state index is 12.9. The van der Waals surface area contributed by atoms with Crippen LogP contribution in [0.15, 0.2) is 30.3 Å². The molecule has 0 atom stereocenters. The molecule has 0 radical (unpaired) electrons. The summed E-state index contributed by atoms with van der Waals surface area (Å²) in [6.45, 7) is 6.57. The van der Waals surface area contributed by atoms with Gasteiger partial charge >= 0.3 is 12.2 Å². The van der Waals surface area contributed by atoms with Gasteiger partial charge in [0, 0.05) is 13.0 Å². The maximum absolute atomic E-state index is 12.9. The lowest BCUT2D eigenvalue weighted by Crippen LogP contribution is -2.28. The normalized spacial score (nSPS) is 11.7. The number of nitrogens with one attached hydrogen (secondary N) is 2. The summed E-state index contributed by atoms with van der Waals surface area (Å²) >= 11 is 0. The first-order valence-electron chi connectivity index (χ1n) is 10.3. The zero-order chi connectivity index (χ0) is 22.6. The van der Waals surface area contributed by atoms with Crippen LogP contribution in [0, 0.1) is 6.92 Å². The van der Waals surface area contributed by atoms with Crippen molar-refractivity contribution in [2.75, 3.05) is 11.9 Å². The summed E-state index contributed by atoms with van der Waals surface area (Å²) in [6.07, 6.45) is -1.72. The average molecular weight is 433 g/mol. The molecule has 2 amide bonds. The molecule has 2 N–H and O–H groups in total. The molecule has 3 rings (SSSR count). The quantitative estimate of drug-likeness (QED) is 0.532. The highest BCUT2D eigenvalue weighted by molar-refractivity contribution is 5.92. The van der Waals surface area contributed by atoms with Crippen LogP contribution >= 0.6 is 0 Å². The standard InChI is InChI=1S/C22H26F3N5O/c1-4-6-7-19-28-18-12-17(29-21(31)26-5-2)14(3)27-20(18)30(19)13-15-8-10-16(11-9-15)22(23,24)25/h8-12H,4-7,13H2,1-3H3,(H2,26,29,31). The van der Waals surface area contributed by atoms with Crippen LogP contribution in [0.3, 0.4) is 0 Å². The number of urea groups is 1. The Kier molecular flexibility index (Phi) is 6.82. The molecule has 0 unspecified atom stereocenters. The van der Waals surface area contributed by atoms with Crippen LogP contribution in [0.4, 0.5) is 23.7 Å². The van der Waals surface area contributed by atoms with E-state index < -0.39 is 11.7 Å². The second-order valence-corrected chi connectivity index (χ2v) is 7.36. The molecule has 1 aromatic carbocycles. The second kappa shape index (κ2) is 9.36. The number of aromatic nitrogens is 3. The van der Waals surface area contributed by atoms with Gasteiger partial charge in [0.15, 0.2) is 5.65 Å². The molecule has 31 heavy (non-hydrogen) atoms. The number of hydrogen-bond acceptors (Lipinski definition) is 3. The molecule has 0 aliphatic carbocycles. The van der Waals surface area contributed by atoms with E-state index in [9.17, 15) is 18.0 Å². The summed E-state index contributed by atoms with van der Waals surface area (Å²) in [4.78, 5) is 21.3. The lowest BCUT2D eigenvalue weighted by atomic mass is 10.1. The molecule has 3 aromatic rings. The lowest BCUT2D eigenvalue weighted by Gasteiger charge is -2.12. The van der Waals surface area contributed by atoms with Gasteiger partial charge in [-0.3, -0.25) is 0 Å². The summed E-state index contributed by atoms with van der Waals surface area (Å²) in [6, 6.07) is 6.61. The molecular formula is C22H26F3N5O. The highest BCUT2D eigenvalue weighted by Gasteiger charge is 2.30. The average Bonchev–Trinajstić information content (AvgIpc) is 3.03. The Bertz CT molecular complexity index is 1060. The van der Waals surface area contributed by atoms with Crippen molar-refractivity contribution in [1.82, 2.24) is 19.9 Å². The number of benzene rings is 1. The third kappa shape index (κ3) is 5.34. The van der Waals surface area contributed by atoms with Crippen molar-refractivity contribution < 1.29 is 18.0 Å². The predicted molar refractivity (Wildman–Crippen MR) is 114 cm³/mol. The largest absolute Gasteiger partial charge is 0.416 e. The molecule has 2 aromatic heterocycles. The van der Waals surface area contributed by atoms with Crippen molar-refractivity contribution in [2.45, 2.75) is 52.8 Å². The Morgan fingerprint density at radius 1 is 1.13 bits per heavy atom. The Hall–Kier alpha value is -3.10. The molecule has 2 heterocycles. The Morgan fingerprint density at radius 2 is 1.84 bits per heavy atom. The maximum Gasteiger partial charge on any atom is 0.416 e. The number of imidazole rings is 1. The molecule has 0 aliphatic heterocycles. The van der Waals surface area contributed by atoms with Crippen LogP contribution in [-0.2, 0) is 19.1 Å². The molecule has 9 heteroatoms. The van der Waals surface area contributed by atoms with E-state index in [1.165, 1.54) is 12.1 Å². The molecule has 166 valence electrons. The van der Waals surface area contributed by atoms with Gasteiger partial charge in [0.25, 0.3) is 0 Å². The van der Waals surface area contributed by atoms with E-state index in [-0.39, 0.29) is 6.03 Å². The van der Waals surface area contributed by atoms with E-state index in [0.29, 0.717) is 35.6 Å². The highest BCUT2D eigenvalue weighted by Crippen LogP contribution is 2.29. The first kappa shape index (κ1) is 22.6. The molecule has 0 saturated heterocycles. The van der Waals surface area contributed by atoms with Crippen molar-refractivity contribution in [2.24, 2.45) is 0 Å². The fraction of sp³-hybridized carbons (Fsp3) is 0.409. The minimum absolute atomic E-state index is 0.317. The summed E-state index contributed by atoms with van der Waals surface area (Å²) in [5.74, 6) is 0.818. The van der Waals surface area contributed by atoms with Gasteiger partial charge in [0.1, 0.15) is 11.3 Å².